The first-order chi connectivity index (χ1) is 12.6. The summed E-state index contributed by atoms with van der Waals surface area (Å²) in [5.41, 5.74) is 2.50. The molecule has 2 aromatic carbocycles. The second-order valence-corrected chi connectivity index (χ2v) is 6.16. The van der Waals surface area contributed by atoms with Crippen molar-refractivity contribution in [3.05, 3.63) is 65.2 Å². The number of hydrogen-bond acceptors (Lipinski definition) is 4. The number of ether oxygens (including phenoxy) is 1. The number of nitriles is 1. The molecule has 0 aliphatic rings. The van der Waals surface area contributed by atoms with Crippen LogP contribution >= 0.6 is 0 Å². The van der Waals surface area contributed by atoms with E-state index in [2.05, 4.69) is 11.4 Å². The Bertz CT molecular complexity index is 768. The first kappa shape index (κ1) is 19.5. The van der Waals surface area contributed by atoms with Gasteiger partial charge in [0.2, 0.25) is 0 Å². The smallest absolute Gasteiger partial charge is 0.320 e. The van der Waals surface area contributed by atoms with Gasteiger partial charge in [-0.3, -0.25) is 4.79 Å². The zero-order valence-electron chi connectivity index (χ0n) is 14.9. The zero-order valence-corrected chi connectivity index (χ0v) is 14.9. The van der Waals surface area contributed by atoms with E-state index in [9.17, 15) is 9.90 Å². The number of hydrogen-bond donors (Lipinski definition) is 2. The Morgan fingerprint density at radius 2 is 2.00 bits per heavy atom. The molecule has 0 spiro atoms. The highest BCUT2D eigenvalue weighted by Crippen LogP contribution is 2.16. The van der Waals surface area contributed by atoms with Crippen LogP contribution in [0.3, 0.4) is 0 Å². The molecular weight excluding hydrogens is 328 g/mol. The monoisotopic (exact) mass is 352 g/mol. The Balaban J connectivity index is 1.92. The maximum absolute atomic E-state index is 11.3. The van der Waals surface area contributed by atoms with Gasteiger partial charge in [0.15, 0.2) is 0 Å². The lowest BCUT2D eigenvalue weighted by molar-refractivity contribution is -0.139. The minimum absolute atomic E-state index is 0.376. The van der Waals surface area contributed by atoms with Crippen molar-refractivity contribution in [1.82, 2.24) is 5.32 Å². The summed E-state index contributed by atoms with van der Waals surface area (Å²) in [6.07, 6.45) is 2.48. The van der Waals surface area contributed by atoms with Crippen LogP contribution in [0.2, 0.25) is 0 Å². The van der Waals surface area contributed by atoms with E-state index < -0.39 is 12.0 Å². The molecule has 0 saturated carbocycles. The third-order valence-electron chi connectivity index (χ3n) is 4.06. The van der Waals surface area contributed by atoms with Crippen LogP contribution < -0.4 is 10.1 Å². The number of aliphatic carboxylic acids is 1. The number of benzene rings is 2. The van der Waals surface area contributed by atoms with Crippen LogP contribution in [-0.2, 0) is 17.9 Å². The molecule has 2 aromatic rings. The average molecular weight is 352 g/mol. The topological polar surface area (TPSA) is 82.3 Å². The van der Waals surface area contributed by atoms with Gasteiger partial charge in [0.25, 0.3) is 0 Å². The first-order valence-electron chi connectivity index (χ1n) is 8.79. The molecule has 0 aliphatic heterocycles. The Hall–Kier alpha value is -2.84. The summed E-state index contributed by atoms with van der Waals surface area (Å²) in [7, 11) is 0. The molecular formula is C21H24N2O3. The normalized spacial score (nSPS) is 11.5. The lowest BCUT2D eigenvalue weighted by Crippen LogP contribution is -2.36. The van der Waals surface area contributed by atoms with Crippen molar-refractivity contribution in [2.75, 3.05) is 0 Å². The summed E-state index contributed by atoms with van der Waals surface area (Å²) in [6, 6.07) is 16.5. The van der Waals surface area contributed by atoms with Gasteiger partial charge in [0.05, 0.1) is 11.6 Å². The van der Waals surface area contributed by atoms with Crippen molar-refractivity contribution in [1.29, 1.82) is 5.26 Å². The van der Waals surface area contributed by atoms with Crippen molar-refractivity contribution >= 4 is 5.97 Å². The molecule has 0 aliphatic carbocycles. The number of nitrogens with one attached hydrogen (secondary N) is 1. The molecule has 0 saturated heterocycles. The van der Waals surface area contributed by atoms with Gasteiger partial charge in [-0.25, -0.2) is 0 Å². The fraction of sp³-hybridized carbons (Fsp3) is 0.333. The van der Waals surface area contributed by atoms with Crippen LogP contribution in [0, 0.1) is 11.3 Å². The van der Waals surface area contributed by atoms with Gasteiger partial charge in [-0.2, -0.15) is 5.26 Å². The maximum atomic E-state index is 11.3. The molecule has 0 unspecified atom stereocenters. The minimum Gasteiger partial charge on any atom is -0.489 e. The van der Waals surface area contributed by atoms with Crippen molar-refractivity contribution in [3.8, 4) is 11.8 Å². The van der Waals surface area contributed by atoms with Gasteiger partial charge in [-0.05, 0) is 41.8 Å². The Labute approximate surface area is 154 Å². The summed E-state index contributed by atoms with van der Waals surface area (Å²) < 4.78 is 5.80. The van der Waals surface area contributed by atoms with E-state index in [4.69, 9.17) is 10.00 Å². The molecule has 2 rings (SSSR count). The van der Waals surface area contributed by atoms with Crippen LogP contribution in [-0.4, -0.2) is 17.1 Å². The highest BCUT2D eigenvalue weighted by atomic mass is 16.5. The molecule has 2 N–H and O–H groups in total. The van der Waals surface area contributed by atoms with Crippen LogP contribution in [0.5, 0.6) is 5.75 Å². The Morgan fingerprint density at radius 1 is 1.23 bits per heavy atom. The van der Waals surface area contributed by atoms with Crippen molar-refractivity contribution in [3.63, 3.8) is 0 Å². The summed E-state index contributed by atoms with van der Waals surface area (Å²) >= 11 is 0. The van der Waals surface area contributed by atoms with E-state index in [1.54, 1.807) is 12.1 Å². The predicted octanol–water partition coefficient (Wildman–Crippen LogP) is 3.87. The predicted molar refractivity (Wildman–Crippen MR) is 99.7 cm³/mol. The van der Waals surface area contributed by atoms with E-state index >= 15 is 0 Å². The number of carbonyl (C=O) groups is 1. The van der Waals surface area contributed by atoms with Gasteiger partial charge in [0, 0.05) is 6.54 Å². The summed E-state index contributed by atoms with van der Waals surface area (Å²) in [5, 5.41) is 21.3. The molecule has 26 heavy (non-hydrogen) atoms. The largest absolute Gasteiger partial charge is 0.489 e. The maximum Gasteiger partial charge on any atom is 0.320 e. The van der Waals surface area contributed by atoms with Gasteiger partial charge < -0.3 is 15.2 Å². The van der Waals surface area contributed by atoms with E-state index in [-0.39, 0.29) is 0 Å². The van der Waals surface area contributed by atoms with Gasteiger partial charge in [-0.15, -0.1) is 0 Å². The van der Waals surface area contributed by atoms with Crippen LogP contribution in [0.1, 0.15) is 42.9 Å². The van der Waals surface area contributed by atoms with Crippen molar-refractivity contribution in [2.45, 2.75) is 45.4 Å². The first-order valence-corrected chi connectivity index (χ1v) is 8.79. The molecule has 5 nitrogen and oxygen atoms in total. The van der Waals surface area contributed by atoms with Crippen LogP contribution in [0.15, 0.2) is 48.5 Å². The fourth-order valence-corrected chi connectivity index (χ4v) is 2.60. The summed E-state index contributed by atoms with van der Waals surface area (Å²) in [6.45, 7) is 2.90. The highest BCUT2D eigenvalue weighted by molar-refractivity contribution is 5.73. The minimum atomic E-state index is -0.816. The number of carboxylic acids is 1. The molecule has 136 valence electrons. The molecule has 0 heterocycles. The second kappa shape index (κ2) is 10.2. The van der Waals surface area contributed by atoms with Gasteiger partial charge in [0.1, 0.15) is 18.4 Å². The molecule has 0 fully saturated rings. The van der Waals surface area contributed by atoms with Crippen LogP contribution in [0.4, 0.5) is 0 Å². The number of carboxylic acid groups (broad SMARTS) is 1. The van der Waals surface area contributed by atoms with Crippen molar-refractivity contribution < 1.29 is 14.6 Å². The molecule has 0 bridgehead atoms. The molecule has 0 radical (unpaired) electrons. The lowest BCUT2D eigenvalue weighted by atomic mass is 10.1. The molecule has 5 heteroatoms. The standard InChI is InChI=1S/C21H24N2O3/c1-2-3-10-20(21(24)25)23-14-17-7-5-9-19(12-17)26-15-18-8-4-6-16(11-18)13-22/h4-9,11-12,20,23H,2-3,10,14-15H2,1H3,(H,24,25)/t20-/m0/s1. The van der Waals surface area contributed by atoms with Crippen LogP contribution in [0.25, 0.3) is 0 Å². The fourth-order valence-electron chi connectivity index (χ4n) is 2.60. The number of rotatable bonds is 10. The average Bonchev–Trinajstić information content (AvgIpc) is 2.66. The van der Waals surface area contributed by atoms with Crippen molar-refractivity contribution in [2.24, 2.45) is 0 Å². The third-order valence-corrected chi connectivity index (χ3v) is 4.06. The zero-order chi connectivity index (χ0) is 18.8. The lowest BCUT2D eigenvalue weighted by Gasteiger charge is -2.14. The summed E-state index contributed by atoms with van der Waals surface area (Å²) in [4.78, 5) is 11.3. The molecule has 0 amide bonds. The highest BCUT2D eigenvalue weighted by Gasteiger charge is 2.15. The van der Waals surface area contributed by atoms with Gasteiger partial charge >= 0.3 is 5.97 Å². The van der Waals surface area contributed by atoms with E-state index in [0.29, 0.717) is 30.9 Å². The second-order valence-electron chi connectivity index (χ2n) is 6.16. The number of unbranched alkanes of at least 4 members (excludes halogenated alkanes) is 1. The quantitative estimate of drug-likeness (QED) is 0.678. The van der Waals surface area contributed by atoms with E-state index in [1.165, 1.54) is 0 Å². The summed E-state index contributed by atoms with van der Waals surface area (Å²) in [5.74, 6) is -0.102. The molecule has 0 aromatic heterocycles. The Kier molecular flexibility index (Phi) is 7.66. The number of nitrogens with zero attached hydrogens (tertiary/aromatic N) is 1. The molecule has 1 atom stereocenters. The Morgan fingerprint density at radius 3 is 2.73 bits per heavy atom. The van der Waals surface area contributed by atoms with Gasteiger partial charge in [-0.1, -0.05) is 44.0 Å². The third kappa shape index (κ3) is 6.23. The SMILES string of the molecule is CCCC[C@H](NCc1cccc(OCc2cccc(C#N)c2)c1)C(=O)O. The van der Waals surface area contributed by atoms with E-state index in [0.717, 1.165) is 24.0 Å². The van der Waals surface area contributed by atoms with E-state index in [1.807, 2.05) is 43.3 Å².